The van der Waals surface area contributed by atoms with Crippen LogP contribution < -0.4 is 5.32 Å². The molecule has 2 heterocycles. The molecule has 1 aromatic heterocycles. The molecule has 0 radical (unpaired) electrons. The Bertz CT molecular complexity index is 712. The van der Waals surface area contributed by atoms with Gasteiger partial charge in [-0.3, -0.25) is 9.69 Å². The van der Waals surface area contributed by atoms with Crippen LogP contribution in [0.25, 0.3) is 0 Å². The van der Waals surface area contributed by atoms with Gasteiger partial charge < -0.3 is 5.32 Å². The number of fused-ring (bicyclic) bond motifs is 1. The van der Waals surface area contributed by atoms with Crippen molar-refractivity contribution >= 4 is 17.2 Å². The number of halogens is 1. The molecule has 0 saturated heterocycles. The first-order chi connectivity index (χ1) is 11.5. The van der Waals surface area contributed by atoms with Gasteiger partial charge >= 0.3 is 0 Å². The highest BCUT2D eigenvalue weighted by Crippen LogP contribution is 2.34. The van der Waals surface area contributed by atoms with Crippen LogP contribution >= 0.6 is 11.3 Å². The molecule has 3 atom stereocenters. The molecule has 0 bridgehead atoms. The van der Waals surface area contributed by atoms with Gasteiger partial charge in [-0.2, -0.15) is 0 Å². The lowest BCUT2D eigenvalue weighted by Gasteiger charge is -2.37. The molecule has 2 aromatic rings. The molecule has 1 aliphatic heterocycles. The third-order valence-corrected chi connectivity index (χ3v) is 5.93. The number of carbonyl (C=O) groups is 1. The Balaban J connectivity index is 1.65. The third-order valence-electron chi connectivity index (χ3n) is 4.93. The number of hydrogen-bond donors (Lipinski definition) is 1. The van der Waals surface area contributed by atoms with Gasteiger partial charge in [-0.05, 0) is 61.9 Å². The van der Waals surface area contributed by atoms with E-state index in [2.05, 4.69) is 28.6 Å². The van der Waals surface area contributed by atoms with Crippen molar-refractivity contribution in [1.82, 2.24) is 10.2 Å². The lowest BCUT2D eigenvalue weighted by atomic mass is 9.99. The summed E-state index contributed by atoms with van der Waals surface area (Å²) in [5.41, 5.74) is 2.25. The molecule has 3 nitrogen and oxygen atoms in total. The Morgan fingerprint density at radius 3 is 2.71 bits per heavy atom. The van der Waals surface area contributed by atoms with E-state index in [1.54, 1.807) is 23.5 Å². The molecule has 1 aliphatic rings. The maximum Gasteiger partial charge on any atom is 0.237 e. The first-order valence-corrected chi connectivity index (χ1v) is 9.23. The number of nitrogens with one attached hydrogen (secondary N) is 1. The second-order valence-corrected chi connectivity index (χ2v) is 7.42. The predicted molar refractivity (Wildman–Crippen MR) is 95.6 cm³/mol. The molecular formula is C19H23FN2OS. The van der Waals surface area contributed by atoms with Crippen LogP contribution in [0.15, 0.2) is 35.7 Å². The van der Waals surface area contributed by atoms with Gasteiger partial charge in [0.25, 0.3) is 0 Å². The minimum atomic E-state index is -0.264. The number of thiophene rings is 1. The summed E-state index contributed by atoms with van der Waals surface area (Å²) >= 11 is 1.80. The Kier molecular flexibility index (Phi) is 5.01. The van der Waals surface area contributed by atoms with E-state index in [0.717, 1.165) is 18.5 Å². The fourth-order valence-electron chi connectivity index (χ4n) is 3.38. The van der Waals surface area contributed by atoms with Gasteiger partial charge in [-0.25, -0.2) is 4.39 Å². The normalized spacial score (nSPS) is 20.2. The molecule has 0 spiro atoms. The van der Waals surface area contributed by atoms with Crippen LogP contribution in [0.3, 0.4) is 0 Å². The lowest BCUT2D eigenvalue weighted by Crippen LogP contribution is -2.48. The number of benzene rings is 1. The molecule has 0 fully saturated rings. The van der Waals surface area contributed by atoms with Crippen molar-refractivity contribution in [3.8, 4) is 0 Å². The van der Waals surface area contributed by atoms with Crippen molar-refractivity contribution in [3.05, 3.63) is 57.5 Å². The maximum absolute atomic E-state index is 13.0. The molecule has 0 saturated carbocycles. The van der Waals surface area contributed by atoms with Gasteiger partial charge in [0.1, 0.15) is 5.82 Å². The van der Waals surface area contributed by atoms with E-state index in [-0.39, 0.29) is 29.8 Å². The maximum atomic E-state index is 13.0. The van der Waals surface area contributed by atoms with Crippen LogP contribution in [0.2, 0.25) is 0 Å². The molecule has 1 amide bonds. The van der Waals surface area contributed by atoms with Crippen molar-refractivity contribution in [2.24, 2.45) is 0 Å². The lowest BCUT2D eigenvalue weighted by molar-refractivity contribution is -0.127. The summed E-state index contributed by atoms with van der Waals surface area (Å²) in [6.07, 6.45) is 1.00. The van der Waals surface area contributed by atoms with E-state index in [4.69, 9.17) is 0 Å². The first-order valence-electron chi connectivity index (χ1n) is 8.35. The summed E-state index contributed by atoms with van der Waals surface area (Å²) in [6, 6.07) is 8.36. The smallest absolute Gasteiger partial charge is 0.237 e. The highest BCUT2D eigenvalue weighted by atomic mass is 32.1. The third kappa shape index (κ3) is 3.37. The Labute approximate surface area is 146 Å². The van der Waals surface area contributed by atoms with E-state index in [1.165, 1.54) is 22.6 Å². The van der Waals surface area contributed by atoms with Crippen LogP contribution in [-0.2, 0) is 11.2 Å². The Morgan fingerprint density at radius 2 is 2.00 bits per heavy atom. The van der Waals surface area contributed by atoms with E-state index in [0.29, 0.717) is 0 Å². The summed E-state index contributed by atoms with van der Waals surface area (Å²) in [7, 11) is 0. The fraction of sp³-hybridized carbons (Fsp3) is 0.421. The van der Waals surface area contributed by atoms with Crippen molar-refractivity contribution in [1.29, 1.82) is 0 Å². The monoisotopic (exact) mass is 346 g/mol. The highest BCUT2D eigenvalue weighted by Gasteiger charge is 2.31. The summed E-state index contributed by atoms with van der Waals surface area (Å²) in [6.45, 7) is 6.95. The van der Waals surface area contributed by atoms with E-state index >= 15 is 0 Å². The molecule has 0 aliphatic carbocycles. The highest BCUT2D eigenvalue weighted by molar-refractivity contribution is 7.10. The molecular weight excluding hydrogens is 323 g/mol. The first kappa shape index (κ1) is 17.1. The van der Waals surface area contributed by atoms with Crippen LogP contribution in [0, 0.1) is 5.82 Å². The van der Waals surface area contributed by atoms with Gasteiger partial charge in [0.15, 0.2) is 0 Å². The van der Waals surface area contributed by atoms with Crippen molar-refractivity contribution in [2.75, 3.05) is 6.54 Å². The zero-order valence-corrected chi connectivity index (χ0v) is 15.1. The Hall–Kier alpha value is -1.72. The number of hydrogen-bond acceptors (Lipinski definition) is 3. The second kappa shape index (κ2) is 7.03. The zero-order chi connectivity index (χ0) is 17.3. The largest absolute Gasteiger partial charge is 0.348 e. The van der Waals surface area contributed by atoms with Gasteiger partial charge in [-0.1, -0.05) is 12.1 Å². The average Bonchev–Trinajstić information content (AvgIpc) is 3.04. The van der Waals surface area contributed by atoms with Gasteiger partial charge in [0.2, 0.25) is 5.91 Å². The predicted octanol–water partition coefficient (Wildman–Crippen LogP) is 4.07. The van der Waals surface area contributed by atoms with Crippen LogP contribution in [0.1, 0.15) is 48.9 Å². The topological polar surface area (TPSA) is 32.3 Å². The van der Waals surface area contributed by atoms with Gasteiger partial charge in [0.05, 0.1) is 12.1 Å². The quantitative estimate of drug-likeness (QED) is 0.905. The van der Waals surface area contributed by atoms with E-state index < -0.39 is 0 Å². The zero-order valence-electron chi connectivity index (χ0n) is 14.3. The van der Waals surface area contributed by atoms with E-state index in [1.807, 2.05) is 13.8 Å². The van der Waals surface area contributed by atoms with E-state index in [9.17, 15) is 9.18 Å². The second-order valence-electron chi connectivity index (χ2n) is 6.42. The minimum Gasteiger partial charge on any atom is -0.348 e. The summed E-state index contributed by atoms with van der Waals surface area (Å²) in [5.74, 6) is -0.253. The van der Waals surface area contributed by atoms with Gasteiger partial charge in [0, 0.05) is 17.5 Å². The Morgan fingerprint density at radius 1 is 1.29 bits per heavy atom. The standard InChI is InChI=1S/C19H23FN2OS/c1-12(15-4-6-16(20)7-5-15)21-19(23)14(3)22-10-8-18-17(13(22)2)9-11-24-18/h4-7,9,11-14H,8,10H2,1-3H3,(H,21,23). The fourth-order valence-corrected chi connectivity index (χ4v) is 4.34. The molecule has 5 heteroatoms. The molecule has 24 heavy (non-hydrogen) atoms. The molecule has 1 aromatic carbocycles. The number of amides is 1. The summed E-state index contributed by atoms with van der Waals surface area (Å²) in [4.78, 5) is 16.4. The van der Waals surface area contributed by atoms with Crippen LogP contribution in [0.4, 0.5) is 4.39 Å². The SMILES string of the molecule is CC(NC(=O)C(C)N1CCc2sccc2C1C)c1ccc(F)cc1. The molecule has 1 N–H and O–H groups in total. The molecule has 3 rings (SSSR count). The number of rotatable bonds is 4. The number of carbonyl (C=O) groups excluding carboxylic acids is 1. The number of nitrogens with zero attached hydrogens (tertiary/aromatic N) is 1. The molecule has 128 valence electrons. The minimum absolute atomic E-state index is 0.0114. The van der Waals surface area contributed by atoms with Crippen LogP contribution in [-0.4, -0.2) is 23.4 Å². The summed E-state index contributed by atoms with van der Waals surface area (Å²) in [5, 5.41) is 5.18. The average molecular weight is 346 g/mol. The van der Waals surface area contributed by atoms with Crippen molar-refractivity contribution in [3.63, 3.8) is 0 Å². The summed E-state index contributed by atoms with van der Waals surface area (Å²) < 4.78 is 13.0. The van der Waals surface area contributed by atoms with Crippen LogP contribution in [0.5, 0.6) is 0 Å². The van der Waals surface area contributed by atoms with Crippen molar-refractivity contribution < 1.29 is 9.18 Å². The molecule has 3 unspecified atom stereocenters. The van der Waals surface area contributed by atoms with Crippen molar-refractivity contribution in [2.45, 2.75) is 45.3 Å². The van der Waals surface area contributed by atoms with Gasteiger partial charge in [-0.15, -0.1) is 11.3 Å².